The molecule has 2 rings (SSSR count). The number of nitrogens with two attached hydrogens (primary N) is 1. The number of aryl methyl sites for hydroxylation is 1. The molecule has 68 valence electrons. The van der Waals surface area contributed by atoms with Crippen LogP contribution in [0.3, 0.4) is 0 Å². The standard InChI is InChI=1S/C9H10N2OS/c1-6-2-3-8(13-6)9-7(4-10)5-11-12-9/h2-3,5H,4,10H2,1H3. The van der Waals surface area contributed by atoms with Crippen LogP contribution in [-0.2, 0) is 6.54 Å². The van der Waals surface area contributed by atoms with Gasteiger partial charge in [0, 0.05) is 17.0 Å². The third-order valence-corrected chi connectivity index (χ3v) is 2.83. The third kappa shape index (κ3) is 1.50. The van der Waals surface area contributed by atoms with Crippen molar-refractivity contribution in [3.63, 3.8) is 0 Å². The van der Waals surface area contributed by atoms with Gasteiger partial charge in [-0.2, -0.15) is 0 Å². The minimum Gasteiger partial charge on any atom is -0.355 e. The van der Waals surface area contributed by atoms with Gasteiger partial charge in [-0.05, 0) is 19.1 Å². The molecule has 0 radical (unpaired) electrons. The van der Waals surface area contributed by atoms with E-state index >= 15 is 0 Å². The van der Waals surface area contributed by atoms with Crippen molar-refractivity contribution in [1.29, 1.82) is 0 Å². The van der Waals surface area contributed by atoms with Gasteiger partial charge in [-0.3, -0.25) is 0 Å². The molecular weight excluding hydrogens is 184 g/mol. The normalized spacial score (nSPS) is 10.6. The Morgan fingerprint density at radius 3 is 3.00 bits per heavy atom. The van der Waals surface area contributed by atoms with Crippen molar-refractivity contribution in [2.24, 2.45) is 5.73 Å². The minimum absolute atomic E-state index is 0.468. The van der Waals surface area contributed by atoms with Crippen molar-refractivity contribution in [2.45, 2.75) is 13.5 Å². The monoisotopic (exact) mass is 194 g/mol. The van der Waals surface area contributed by atoms with Crippen molar-refractivity contribution in [1.82, 2.24) is 5.16 Å². The Kier molecular flexibility index (Phi) is 2.16. The number of hydrogen-bond donors (Lipinski definition) is 1. The van der Waals surface area contributed by atoms with E-state index in [1.807, 2.05) is 6.07 Å². The van der Waals surface area contributed by atoms with Crippen LogP contribution in [0.1, 0.15) is 10.4 Å². The zero-order chi connectivity index (χ0) is 9.26. The quantitative estimate of drug-likeness (QED) is 0.797. The van der Waals surface area contributed by atoms with Crippen LogP contribution in [0, 0.1) is 6.92 Å². The summed E-state index contributed by atoms with van der Waals surface area (Å²) in [6.07, 6.45) is 1.67. The second-order valence-corrected chi connectivity index (χ2v) is 4.08. The lowest BCUT2D eigenvalue weighted by atomic mass is 10.2. The molecule has 0 atom stereocenters. The van der Waals surface area contributed by atoms with E-state index in [1.54, 1.807) is 17.5 Å². The molecule has 0 bridgehead atoms. The van der Waals surface area contributed by atoms with Crippen molar-refractivity contribution < 1.29 is 4.52 Å². The van der Waals surface area contributed by atoms with Gasteiger partial charge < -0.3 is 10.3 Å². The van der Waals surface area contributed by atoms with E-state index in [0.29, 0.717) is 6.54 Å². The Labute approximate surface area is 80.2 Å². The summed E-state index contributed by atoms with van der Waals surface area (Å²) in [6, 6.07) is 4.09. The van der Waals surface area contributed by atoms with Crippen LogP contribution in [0.25, 0.3) is 10.6 Å². The molecular formula is C9H10N2OS. The van der Waals surface area contributed by atoms with E-state index in [1.165, 1.54) is 4.88 Å². The fourth-order valence-corrected chi connectivity index (χ4v) is 2.05. The summed E-state index contributed by atoms with van der Waals surface area (Å²) in [7, 11) is 0. The summed E-state index contributed by atoms with van der Waals surface area (Å²) in [6.45, 7) is 2.53. The van der Waals surface area contributed by atoms with E-state index in [-0.39, 0.29) is 0 Å². The summed E-state index contributed by atoms with van der Waals surface area (Å²) in [5, 5.41) is 3.73. The maximum atomic E-state index is 5.54. The topological polar surface area (TPSA) is 52.0 Å². The lowest BCUT2D eigenvalue weighted by molar-refractivity contribution is 0.432. The molecule has 0 unspecified atom stereocenters. The highest BCUT2D eigenvalue weighted by Gasteiger charge is 2.10. The SMILES string of the molecule is Cc1ccc(-c2oncc2CN)s1. The molecule has 0 aliphatic heterocycles. The molecule has 0 saturated carbocycles. The van der Waals surface area contributed by atoms with Crippen LogP contribution < -0.4 is 5.73 Å². The summed E-state index contributed by atoms with van der Waals surface area (Å²) in [5.41, 5.74) is 6.50. The summed E-state index contributed by atoms with van der Waals surface area (Å²) >= 11 is 1.69. The zero-order valence-corrected chi connectivity index (χ0v) is 8.10. The molecule has 0 amide bonds. The number of thiophene rings is 1. The lowest BCUT2D eigenvalue weighted by Gasteiger charge is -1.92. The fraction of sp³-hybridized carbons (Fsp3) is 0.222. The van der Waals surface area contributed by atoms with Crippen molar-refractivity contribution >= 4 is 11.3 Å². The third-order valence-electron chi connectivity index (χ3n) is 1.83. The van der Waals surface area contributed by atoms with Crippen LogP contribution in [-0.4, -0.2) is 5.16 Å². The second-order valence-electron chi connectivity index (χ2n) is 2.79. The van der Waals surface area contributed by atoms with Gasteiger partial charge in [-0.1, -0.05) is 5.16 Å². The number of aromatic nitrogens is 1. The molecule has 0 aliphatic carbocycles. The molecule has 2 heterocycles. The Hall–Kier alpha value is -1.13. The largest absolute Gasteiger partial charge is 0.355 e. The minimum atomic E-state index is 0.468. The molecule has 2 N–H and O–H groups in total. The van der Waals surface area contributed by atoms with Gasteiger partial charge in [-0.15, -0.1) is 11.3 Å². The first kappa shape index (κ1) is 8.47. The average molecular weight is 194 g/mol. The van der Waals surface area contributed by atoms with Crippen molar-refractivity contribution in [2.75, 3.05) is 0 Å². The Morgan fingerprint density at radius 2 is 2.38 bits per heavy atom. The van der Waals surface area contributed by atoms with E-state index in [9.17, 15) is 0 Å². The van der Waals surface area contributed by atoms with Crippen LogP contribution >= 0.6 is 11.3 Å². The predicted molar refractivity (Wildman–Crippen MR) is 52.4 cm³/mol. The van der Waals surface area contributed by atoms with Crippen molar-refractivity contribution in [3.8, 4) is 10.6 Å². The van der Waals surface area contributed by atoms with E-state index in [4.69, 9.17) is 10.3 Å². The zero-order valence-electron chi connectivity index (χ0n) is 7.28. The summed E-state index contributed by atoms with van der Waals surface area (Å²) in [4.78, 5) is 2.35. The molecule has 2 aromatic heterocycles. The van der Waals surface area contributed by atoms with E-state index < -0.39 is 0 Å². The Balaban J connectivity index is 2.45. The summed E-state index contributed by atoms with van der Waals surface area (Å²) < 4.78 is 5.14. The van der Waals surface area contributed by atoms with E-state index in [2.05, 4.69) is 18.1 Å². The molecule has 13 heavy (non-hydrogen) atoms. The molecule has 4 heteroatoms. The Morgan fingerprint density at radius 1 is 1.54 bits per heavy atom. The smallest absolute Gasteiger partial charge is 0.181 e. The first-order valence-electron chi connectivity index (χ1n) is 4.01. The molecule has 3 nitrogen and oxygen atoms in total. The van der Waals surface area contributed by atoms with Gasteiger partial charge in [0.05, 0.1) is 11.1 Å². The van der Waals surface area contributed by atoms with Gasteiger partial charge in [0.25, 0.3) is 0 Å². The van der Waals surface area contributed by atoms with Crippen LogP contribution in [0.5, 0.6) is 0 Å². The Bertz CT molecular complexity index is 405. The number of hydrogen-bond acceptors (Lipinski definition) is 4. The molecule has 0 saturated heterocycles. The van der Waals surface area contributed by atoms with Gasteiger partial charge >= 0.3 is 0 Å². The van der Waals surface area contributed by atoms with Gasteiger partial charge in [0.2, 0.25) is 0 Å². The molecule has 0 aromatic carbocycles. The molecule has 0 aliphatic rings. The van der Waals surface area contributed by atoms with Crippen LogP contribution in [0.15, 0.2) is 22.9 Å². The highest BCUT2D eigenvalue weighted by atomic mass is 32.1. The van der Waals surface area contributed by atoms with Gasteiger partial charge in [0.1, 0.15) is 0 Å². The lowest BCUT2D eigenvalue weighted by Crippen LogP contribution is -1.95. The molecule has 0 fully saturated rings. The number of nitrogens with zero attached hydrogens (tertiary/aromatic N) is 1. The fourth-order valence-electron chi connectivity index (χ4n) is 1.17. The van der Waals surface area contributed by atoms with E-state index in [0.717, 1.165) is 16.2 Å². The first-order chi connectivity index (χ1) is 6.31. The molecule has 0 spiro atoms. The molecule has 2 aromatic rings. The summed E-state index contributed by atoms with van der Waals surface area (Å²) in [5.74, 6) is 0.806. The number of rotatable bonds is 2. The van der Waals surface area contributed by atoms with Crippen LogP contribution in [0.2, 0.25) is 0 Å². The second kappa shape index (κ2) is 3.32. The van der Waals surface area contributed by atoms with Gasteiger partial charge in [-0.25, -0.2) is 0 Å². The maximum absolute atomic E-state index is 5.54. The maximum Gasteiger partial charge on any atom is 0.181 e. The van der Waals surface area contributed by atoms with Crippen LogP contribution in [0.4, 0.5) is 0 Å². The van der Waals surface area contributed by atoms with Crippen molar-refractivity contribution in [3.05, 3.63) is 28.8 Å². The van der Waals surface area contributed by atoms with Gasteiger partial charge in [0.15, 0.2) is 5.76 Å². The average Bonchev–Trinajstić information content (AvgIpc) is 2.71. The predicted octanol–water partition coefficient (Wildman–Crippen LogP) is 2.17. The highest BCUT2D eigenvalue weighted by molar-refractivity contribution is 7.15. The first-order valence-corrected chi connectivity index (χ1v) is 4.83. The highest BCUT2D eigenvalue weighted by Crippen LogP contribution is 2.29.